The minimum Gasteiger partial charge on any atom is -0.271 e. The molecule has 0 amide bonds. The van der Waals surface area contributed by atoms with Crippen LogP contribution in [-0.4, -0.2) is 37.0 Å². The minimum atomic E-state index is -0.282. The number of rotatable bonds is 6. The Hall–Kier alpha value is -2.39. The monoisotopic (exact) mass is 431 g/mol. The first kappa shape index (κ1) is 21.3. The second-order valence-corrected chi connectivity index (χ2v) is 8.41. The summed E-state index contributed by atoms with van der Waals surface area (Å²) in [5.74, 6) is 0.433. The van der Waals surface area contributed by atoms with Crippen LogP contribution in [0.25, 0.3) is 5.69 Å². The Morgan fingerprint density at radius 3 is 2.69 bits per heavy atom. The molecule has 29 heavy (non-hydrogen) atoms. The highest BCUT2D eigenvalue weighted by atomic mass is 32.2. The average Bonchev–Trinajstić information content (AvgIpc) is 3.04. The van der Waals surface area contributed by atoms with Gasteiger partial charge in [0.25, 0.3) is 0 Å². The van der Waals surface area contributed by atoms with Gasteiger partial charge in [-0.25, -0.2) is 9.18 Å². The Balaban J connectivity index is 1.72. The predicted molar refractivity (Wildman–Crippen MR) is 119 cm³/mol. The molecule has 0 saturated heterocycles. The van der Waals surface area contributed by atoms with Crippen molar-refractivity contribution >= 4 is 27.9 Å². The molecule has 0 aliphatic heterocycles. The number of halogens is 1. The maximum atomic E-state index is 13.3. The van der Waals surface area contributed by atoms with Gasteiger partial charge < -0.3 is 0 Å². The molecule has 1 aromatic heterocycles. The van der Waals surface area contributed by atoms with E-state index in [1.807, 2.05) is 37.4 Å². The molecule has 0 atom stereocenters. The van der Waals surface area contributed by atoms with E-state index < -0.39 is 0 Å². The molecule has 0 saturated carbocycles. The highest BCUT2D eigenvalue weighted by Gasteiger charge is 2.14. The number of aliphatic imine (C=N–C) groups is 1. The lowest BCUT2D eigenvalue weighted by atomic mass is 10.1. The Labute approximate surface area is 177 Å². The zero-order valence-electron chi connectivity index (χ0n) is 16.5. The summed E-state index contributed by atoms with van der Waals surface area (Å²) in [4.78, 5) is 16.9. The normalized spacial score (nSPS) is 11.8. The van der Waals surface area contributed by atoms with Gasteiger partial charge in [-0.2, -0.15) is 9.36 Å². The average molecular weight is 432 g/mol. The third-order valence-corrected chi connectivity index (χ3v) is 6.52. The molecule has 0 spiro atoms. The number of hydrogen-bond acceptors (Lipinski definition) is 6. The third kappa shape index (κ3) is 5.36. The lowest BCUT2D eigenvalue weighted by Crippen LogP contribution is -2.23. The highest BCUT2D eigenvalue weighted by molar-refractivity contribution is 8.38. The SMILES string of the molecule is CS/C(=N\CCc1cccc(F)c1)SCc1c(C)cccc1-n1nnn(C)c1=O. The van der Waals surface area contributed by atoms with Crippen LogP contribution < -0.4 is 5.69 Å². The topological polar surface area (TPSA) is 65.1 Å². The van der Waals surface area contributed by atoms with Crippen molar-refractivity contribution in [3.05, 3.63) is 75.5 Å². The van der Waals surface area contributed by atoms with Crippen LogP contribution in [0, 0.1) is 12.7 Å². The van der Waals surface area contributed by atoms with Gasteiger partial charge in [0.05, 0.1) is 5.69 Å². The minimum absolute atomic E-state index is 0.225. The van der Waals surface area contributed by atoms with Crippen LogP contribution in [-0.2, 0) is 19.2 Å². The quantitative estimate of drug-likeness (QED) is 0.441. The Kier molecular flexibility index (Phi) is 7.27. The summed E-state index contributed by atoms with van der Waals surface area (Å²) in [5, 5.41) is 7.77. The van der Waals surface area contributed by atoms with Gasteiger partial charge >= 0.3 is 5.69 Å². The van der Waals surface area contributed by atoms with Crippen LogP contribution in [0.2, 0.25) is 0 Å². The number of tetrazole rings is 1. The summed E-state index contributed by atoms with van der Waals surface area (Å²) in [5.41, 5.74) is 3.48. The second-order valence-electron chi connectivity index (χ2n) is 6.39. The lowest BCUT2D eigenvalue weighted by molar-refractivity contribution is 0.625. The molecule has 3 rings (SSSR count). The van der Waals surface area contributed by atoms with Crippen LogP contribution >= 0.6 is 23.5 Å². The van der Waals surface area contributed by atoms with Crippen molar-refractivity contribution in [2.45, 2.75) is 19.1 Å². The fourth-order valence-electron chi connectivity index (χ4n) is 2.81. The van der Waals surface area contributed by atoms with Gasteiger partial charge in [-0.05, 0) is 64.9 Å². The van der Waals surface area contributed by atoms with E-state index in [1.165, 1.54) is 15.4 Å². The van der Waals surface area contributed by atoms with Crippen LogP contribution in [0.4, 0.5) is 4.39 Å². The fourth-order valence-corrected chi connectivity index (χ4v) is 4.50. The molecule has 6 nitrogen and oxygen atoms in total. The van der Waals surface area contributed by atoms with Crippen molar-refractivity contribution in [2.75, 3.05) is 12.8 Å². The van der Waals surface area contributed by atoms with E-state index in [0.717, 1.165) is 26.8 Å². The van der Waals surface area contributed by atoms with E-state index in [2.05, 4.69) is 15.4 Å². The summed E-state index contributed by atoms with van der Waals surface area (Å²) >= 11 is 3.20. The molecule has 0 unspecified atom stereocenters. The van der Waals surface area contributed by atoms with Crippen molar-refractivity contribution in [1.29, 1.82) is 0 Å². The lowest BCUT2D eigenvalue weighted by Gasteiger charge is -2.11. The van der Waals surface area contributed by atoms with Gasteiger partial charge in [0.15, 0.2) is 0 Å². The molecule has 152 valence electrons. The molecule has 1 heterocycles. The summed E-state index contributed by atoms with van der Waals surface area (Å²) in [6.45, 7) is 2.61. The molecular formula is C20H22FN5OS2. The van der Waals surface area contributed by atoms with Gasteiger partial charge in [-0.1, -0.05) is 36.0 Å². The van der Waals surface area contributed by atoms with Crippen molar-refractivity contribution in [3.8, 4) is 5.69 Å². The van der Waals surface area contributed by atoms with Crippen LogP contribution in [0.3, 0.4) is 0 Å². The molecule has 9 heteroatoms. The van der Waals surface area contributed by atoms with Gasteiger partial charge in [0.1, 0.15) is 10.2 Å². The largest absolute Gasteiger partial charge is 0.368 e. The number of aromatic nitrogens is 4. The molecule has 0 aliphatic rings. The highest BCUT2D eigenvalue weighted by Crippen LogP contribution is 2.26. The first-order valence-corrected chi connectivity index (χ1v) is 11.2. The summed E-state index contributed by atoms with van der Waals surface area (Å²) in [7, 11) is 1.58. The van der Waals surface area contributed by atoms with Gasteiger partial charge in [0.2, 0.25) is 0 Å². The Bertz CT molecular complexity index is 1080. The predicted octanol–water partition coefficient (Wildman–Crippen LogP) is 3.61. The van der Waals surface area contributed by atoms with E-state index in [0.29, 0.717) is 18.7 Å². The van der Waals surface area contributed by atoms with E-state index in [4.69, 9.17) is 0 Å². The second kappa shape index (κ2) is 9.89. The third-order valence-electron chi connectivity index (χ3n) is 4.38. The summed E-state index contributed by atoms with van der Waals surface area (Å²) < 4.78 is 16.8. The Morgan fingerprint density at radius 2 is 2.00 bits per heavy atom. The molecule has 0 N–H and O–H groups in total. The van der Waals surface area contributed by atoms with Gasteiger partial charge in [-0.3, -0.25) is 4.99 Å². The number of nitrogens with zero attached hydrogens (tertiary/aromatic N) is 5. The standard InChI is InChI=1S/C20H22FN5OS2/c1-14-6-4-9-18(26-20(27)25(2)23-24-26)17(14)13-29-19(28-3)22-11-10-15-7-5-8-16(21)12-15/h4-9,12H,10-11,13H2,1-3H3/b22-19+. The van der Waals surface area contributed by atoms with Crippen LogP contribution in [0.1, 0.15) is 16.7 Å². The van der Waals surface area contributed by atoms with Gasteiger partial charge in [-0.15, -0.1) is 11.8 Å². The van der Waals surface area contributed by atoms with Crippen molar-refractivity contribution in [3.63, 3.8) is 0 Å². The summed E-state index contributed by atoms with van der Waals surface area (Å²) in [6.07, 6.45) is 2.67. The molecule has 0 fully saturated rings. The zero-order valence-corrected chi connectivity index (χ0v) is 18.1. The number of benzene rings is 2. The van der Waals surface area contributed by atoms with Crippen molar-refractivity contribution in [2.24, 2.45) is 12.0 Å². The smallest absolute Gasteiger partial charge is 0.271 e. The first-order chi connectivity index (χ1) is 14.0. The molecule has 2 aromatic carbocycles. The summed E-state index contributed by atoms with van der Waals surface area (Å²) in [6, 6.07) is 12.4. The maximum absolute atomic E-state index is 13.3. The van der Waals surface area contributed by atoms with E-state index in [9.17, 15) is 9.18 Å². The molecule has 0 bridgehead atoms. The molecule has 3 aromatic rings. The number of aryl methyl sites for hydroxylation is 2. The van der Waals surface area contributed by atoms with Crippen molar-refractivity contribution < 1.29 is 4.39 Å². The number of thioether (sulfide) groups is 2. The van der Waals surface area contributed by atoms with Crippen molar-refractivity contribution in [1.82, 2.24) is 19.8 Å². The first-order valence-electron chi connectivity index (χ1n) is 9.03. The van der Waals surface area contributed by atoms with E-state index in [1.54, 1.807) is 42.7 Å². The number of hydrogen-bond donors (Lipinski definition) is 0. The zero-order chi connectivity index (χ0) is 20.8. The van der Waals surface area contributed by atoms with Gasteiger partial charge in [0, 0.05) is 19.3 Å². The van der Waals surface area contributed by atoms with Crippen LogP contribution in [0.15, 0.2) is 52.3 Å². The van der Waals surface area contributed by atoms with E-state index in [-0.39, 0.29) is 11.5 Å². The fraction of sp³-hybridized carbons (Fsp3) is 0.300. The molecular weight excluding hydrogens is 409 g/mol. The molecule has 0 aliphatic carbocycles. The maximum Gasteiger partial charge on any atom is 0.368 e. The van der Waals surface area contributed by atoms with E-state index >= 15 is 0 Å². The van der Waals surface area contributed by atoms with Crippen LogP contribution in [0.5, 0.6) is 0 Å². The Morgan fingerprint density at radius 1 is 1.21 bits per heavy atom. The molecule has 0 radical (unpaired) electrons.